The van der Waals surface area contributed by atoms with Crippen molar-refractivity contribution in [3.8, 4) is 0 Å². The van der Waals surface area contributed by atoms with Crippen molar-refractivity contribution in [2.75, 3.05) is 0 Å². The molecule has 0 bridgehead atoms. The van der Waals surface area contributed by atoms with Crippen LogP contribution in [-0.2, 0) is 12.8 Å². The summed E-state index contributed by atoms with van der Waals surface area (Å²) in [6.45, 7) is 0. The molecule has 3 aromatic rings. The van der Waals surface area contributed by atoms with Crippen LogP contribution in [0.5, 0.6) is 0 Å². The predicted molar refractivity (Wildman–Crippen MR) is 90.6 cm³/mol. The van der Waals surface area contributed by atoms with Gasteiger partial charge in [0.15, 0.2) is 0 Å². The number of aromatic nitrogens is 1. The Morgan fingerprint density at radius 2 is 1.86 bits per heavy atom. The first kappa shape index (κ1) is 14.7. The molecule has 0 spiro atoms. The van der Waals surface area contributed by atoms with Gasteiger partial charge in [-0.15, -0.1) is 0 Å². The highest BCUT2D eigenvalue weighted by molar-refractivity contribution is 6.31. The Morgan fingerprint density at radius 3 is 2.73 bits per heavy atom. The summed E-state index contributed by atoms with van der Waals surface area (Å²) < 4.78 is 0. The molecule has 0 radical (unpaired) electrons. The highest BCUT2D eigenvalue weighted by Gasteiger charge is 2.01. The summed E-state index contributed by atoms with van der Waals surface area (Å²) in [5.41, 5.74) is 3.93. The fourth-order valence-electron chi connectivity index (χ4n) is 2.57. The van der Waals surface area contributed by atoms with Gasteiger partial charge in [0.25, 0.3) is 0 Å². The Bertz CT molecular complexity index is 813. The summed E-state index contributed by atoms with van der Waals surface area (Å²) >= 11 is 6.02. The smallest absolute Gasteiger partial charge is 0.150 e. The predicted octanol–water partition coefficient (Wildman–Crippen LogP) is 4.88. The molecule has 1 aromatic heterocycles. The van der Waals surface area contributed by atoms with Crippen LogP contribution in [0.3, 0.4) is 0 Å². The number of halogens is 1. The summed E-state index contributed by atoms with van der Waals surface area (Å²) in [4.78, 5) is 15.4. The lowest BCUT2D eigenvalue weighted by Crippen LogP contribution is -1.94. The minimum absolute atomic E-state index is 0.711. The van der Waals surface area contributed by atoms with Gasteiger partial charge in [0, 0.05) is 21.7 Å². The van der Waals surface area contributed by atoms with Crippen molar-refractivity contribution in [2.45, 2.75) is 19.3 Å². The van der Waals surface area contributed by atoms with Gasteiger partial charge in [-0.05, 0) is 49.1 Å². The maximum absolute atomic E-state index is 10.8. The molecule has 0 saturated heterocycles. The van der Waals surface area contributed by atoms with E-state index >= 15 is 0 Å². The summed E-state index contributed by atoms with van der Waals surface area (Å²) in [6.07, 6.45) is 3.74. The molecule has 110 valence electrons. The molecule has 0 N–H and O–H groups in total. The minimum Gasteiger partial charge on any atom is -0.298 e. The van der Waals surface area contributed by atoms with E-state index < -0.39 is 0 Å². The largest absolute Gasteiger partial charge is 0.298 e. The first-order chi connectivity index (χ1) is 10.7. The second kappa shape index (κ2) is 6.71. The molecule has 22 heavy (non-hydrogen) atoms. The Labute approximate surface area is 134 Å². The van der Waals surface area contributed by atoms with Gasteiger partial charge in [-0.2, -0.15) is 0 Å². The van der Waals surface area contributed by atoms with Gasteiger partial charge in [-0.1, -0.05) is 41.9 Å². The van der Waals surface area contributed by atoms with E-state index in [1.165, 1.54) is 5.56 Å². The van der Waals surface area contributed by atoms with Crippen molar-refractivity contribution in [3.05, 3.63) is 76.4 Å². The van der Waals surface area contributed by atoms with Gasteiger partial charge in [0.1, 0.15) is 6.29 Å². The fourth-order valence-corrected chi connectivity index (χ4v) is 2.73. The van der Waals surface area contributed by atoms with Crippen LogP contribution in [-0.4, -0.2) is 11.3 Å². The number of pyridine rings is 1. The van der Waals surface area contributed by atoms with Crippen LogP contribution in [0.15, 0.2) is 54.6 Å². The van der Waals surface area contributed by atoms with Gasteiger partial charge < -0.3 is 0 Å². The molecule has 3 heteroatoms. The number of aldehydes is 1. The number of carbonyl (C=O) groups is 1. The van der Waals surface area contributed by atoms with Crippen LogP contribution < -0.4 is 0 Å². The number of carbonyl (C=O) groups excluding carboxylic acids is 1. The second-order valence-electron chi connectivity index (χ2n) is 5.36. The highest BCUT2D eigenvalue weighted by atomic mass is 35.5. The van der Waals surface area contributed by atoms with E-state index in [2.05, 4.69) is 23.2 Å². The number of hydrogen-bond donors (Lipinski definition) is 0. The Morgan fingerprint density at radius 1 is 1.00 bits per heavy atom. The average Bonchev–Trinajstić information content (AvgIpc) is 2.54. The third-order valence-corrected chi connectivity index (χ3v) is 3.93. The molecule has 0 saturated carbocycles. The molecular weight excluding hydrogens is 294 g/mol. The zero-order valence-corrected chi connectivity index (χ0v) is 12.9. The van der Waals surface area contributed by atoms with Gasteiger partial charge in [0.05, 0.1) is 5.52 Å². The molecule has 2 aromatic carbocycles. The van der Waals surface area contributed by atoms with Crippen molar-refractivity contribution in [2.24, 2.45) is 0 Å². The number of rotatable bonds is 5. The molecule has 0 atom stereocenters. The van der Waals surface area contributed by atoms with Gasteiger partial charge in [0.2, 0.25) is 0 Å². The SMILES string of the molecule is O=Cc1cccc(CCCc2ccc3ccc(Cl)cc3n2)c1. The van der Waals surface area contributed by atoms with Gasteiger partial charge in [-0.3, -0.25) is 9.78 Å². The quantitative estimate of drug-likeness (QED) is 0.629. The Balaban J connectivity index is 1.67. The number of aryl methyl sites for hydroxylation is 2. The maximum Gasteiger partial charge on any atom is 0.150 e. The summed E-state index contributed by atoms with van der Waals surface area (Å²) in [5.74, 6) is 0. The molecule has 1 heterocycles. The Hall–Kier alpha value is -2.19. The van der Waals surface area contributed by atoms with Crippen molar-refractivity contribution in [1.29, 1.82) is 0 Å². The number of nitrogens with zero attached hydrogens (tertiary/aromatic N) is 1. The molecular formula is C19H16ClNO. The van der Waals surface area contributed by atoms with Gasteiger partial charge >= 0.3 is 0 Å². The number of hydrogen-bond acceptors (Lipinski definition) is 2. The van der Waals surface area contributed by atoms with E-state index in [0.29, 0.717) is 5.02 Å². The summed E-state index contributed by atoms with van der Waals surface area (Å²) in [5, 5.41) is 1.81. The number of benzene rings is 2. The van der Waals surface area contributed by atoms with Gasteiger partial charge in [-0.25, -0.2) is 0 Å². The number of fused-ring (bicyclic) bond motifs is 1. The zero-order chi connectivity index (χ0) is 15.4. The molecule has 0 aliphatic carbocycles. The van der Waals surface area contributed by atoms with Crippen molar-refractivity contribution in [3.63, 3.8) is 0 Å². The van der Waals surface area contributed by atoms with Crippen molar-refractivity contribution >= 4 is 28.8 Å². The highest BCUT2D eigenvalue weighted by Crippen LogP contribution is 2.18. The van der Waals surface area contributed by atoms with Crippen LogP contribution in [0.2, 0.25) is 5.02 Å². The van der Waals surface area contributed by atoms with Crippen LogP contribution in [0.25, 0.3) is 10.9 Å². The fraction of sp³-hybridized carbons (Fsp3) is 0.158. The minimum atomic E-state index is 0.711. The first-order valence-corrected chi connectivity index (χ1v) is 7.72. The lowest BCUT2D eigenvalue weighted by Gasteiger charge is -2.05. The summed E-state index contributed by atoms with van der Waals surface area (Å²) in [6, 6.07) is 17.7. The standard InChI is InChI=1S/C19H16ClNO/c20-17-9-7-16-8-10-18(21-19(16)12-17)6-2-4-14-3-1-5-15(11-14)13-22/h1,3,5,7-13H,2,4,6H2. The average molecular weight is 310 g/mol. The third-order valence-electron chi connectivity index (χ3n) is 3.70. The van der Waals surface area contributed by atoms with E-state index in [-0.39, 0.29) is 0 Å². The van der Waals surface area contributed by atoms with Crippen molar-refractivity contribution < 1.29 is 4.79 Å². The van der Waals surface area contributed by atoms with E-state index in [1.54, 1.807) is 0 Å². The molecule has 0 amide bonds. The van der Waals surface area contributed by atoms with E-state index in [1.807, 2.05) is 36.4 Å². The molecule has 0 aliphatic rings. The summed E-state index contributed by atoms with van der Waals surface area (Å²) in [7, 11) is 0. The Kier molecular flexibility index (Phi) is 4.50. The van der Waals surface area contributed by atoms with Crippen LogP contribution in [0.4, 0.5) is 0 Å². The topological polar surface area (TPSA) is 30.0 Å². The van der Waals surface area contributed by atoms with Crippen LogP contribution in [0, 0.1) is 0 Å². The monoisotopic (exact) mass is 309 g/mol. The van der Waals surface area contributed by atoms with E-state index in [4.69, 9.17) is 11.6 Å². The molecule has 3 rings (SSSR count). The lowest BCUT2D eigenvalue weighted by molar-refractivity contribution is 0.112. The second-order valence-corrected chi connectivity index (χ2v) is 5.79. The van der Waals surface area contributed by atoms with E-state index in [9.17, 15) is 4.79 Å². The third kappa shape index (κ3) is 3.52. The first-order valence-electron chi connectivity index (χ1n) is 7.34. The molecule has 0 fully saturated rings. The molecule has 0 aliphatic heterocycles. The van der Waals surface area contributed by atoms with Crippen molar-refractivity contribution in [1.82, 2.24) is 4.98 Å². The molecule has 2 nitrogen and oxygen atoms in total. The molecule has 0 unspecified atom stereocenters. The maximum atomic E-state index is 10.8. The lowest BCUT2D eigenvalue weighted by atomic mass is 10.0. The van der Waals surface area contributed by atoms with Crippen LogP contribution >= 0.6 is 11.6 Å². The zero-order valence-electron chi connectivity index (χ0n) is 12.1. The normalized spacial score (nSPS) is 10.8. The van der Waals surface area contributed by atoms with Crippen LogP contribution in [0.1, 0.15) is 28.0 Å². The van der Waals surface area contributed by atoms with E-state index in [0.717, 1.165) is 47.7 Å².